The second kappa shape index (κ2) is 9.45. The Kier molecular flexibility index (Phi) is 6.50. The maximum Gasteiger partial charge on any atom is 0.194 e. The molecule has 2 aromatic carbocycles. The van der Waals surface area contributed by atoms with Crippen molar-refractivity contribution < 1.29 is 4.74 Å². The molecule has 2 heterocycles. The quantitative estimate of drug-likeness (QED) is 0.647. The van der Waals surface area contributed by atoms with Gasteiger partial charge in [-0.25, -0.2) is 0 Å². The van der Waals surface area contributed by atoms with E-state index in [-0.39, 0.29) is 5.43 Å². The Hall–Kier alpha value is -2.63. The largest absolute Gasteiger partial charge is 0.494 e. The predicted molar refractivity (Wildman–Crippen MR) is 122 cm³/mol. The Labute approximate surface area is 178 Å². The van der Waals surface area contributed by atoms with Crippen LogP contribution in [-0.2, 0) is 13.1 Å². The van der Waals surface area contributed by atoms with Crippen molar-refractivity contribution in [2.24, 2.45) is 0 Å². The molecule has 0 saturated carbocycles. The lowest BCUT2D eigenvalue weighted by Crippen LogP contribution is -2.46. The van der Waals surface area contributed by atoms with Crippen LogP contribution in [0.15, 0.2) is 53.3 Å². The highest BCUT2D eigenvalue weighted by Crippen LogP contribution is 2.20. The molecule has 1 aliphatic heterocycles. The summed E-state index contributed by atoms with van der Waals surface area (Å²) in [6.45, 7) is 10.4. The molecule has 0 bridgehead atoms. The molecule has 0 aliphatic carbocycles. The summed E-state index contributed by atoms with van der Waals surface area (Å²) in [6.07, 6.45) is 0.948. The number of pyridine rings is 1. The Bertz CT molecular complexity index is 1040. The first-order valence-electron chi connectivity index (χ1n) is 10.9. The van der Waals surface area contributed by atoms with Gasteiger partial charge in [0.15, 0.2) is 5.43 Å². The number of aromatic amines is 1. The second-order valence-electron chi connectivity index (χ2n) is 8.15. The third-order valence-electron chi connectivity index (χ3n) is 5.85. The van der Waals surface area contributed by atoms with Gasteiger partial charge in [0.05, 0.1) is 6.61 Å². The summed E-state index contributed by atoms with van der Waals surface area (Å²) >= 11 is 0. The van der Waals surface area contributed by atoms with Crippen LogP contribution in [0.1, 0.15) is 30.2 Å². The van der Waals surface area contributed by atoms with E-state index in [0.29, 0.717) is 18.5 Å². The number of hydrogen-bond acceptors (Lipinski definition) is 4. The van der Waals surface area contributed by atoms with Crippen molar-refractivity contribution >= 4 is 10.9 Å². The maximum absolute atomic E-state index is 13.2. The van der Waals surface area contributed by atoms with Crippen LogP contribution < -0.4 is 10.2 Å². The third-order valence-corrected chi connectivity index (χ3v) is 5.85. The summed E-state index contributed by atoms with van der Waals surface area (Å²) in [7, 11) is 0. The molecular formula is C25H31N3O2. The highest BCUT2D eigenvalue weighted by atomic mass is 16.5. The molecule has 0 radical (unpaired) electrons. The average molecular weight is 406 g/mol. The molecule has 30 heavy (non-hydrogen) atoms. The van der Waals surface area contributed by atoms with Crippen LogP contribution >= 0.6 is 0 Å². The zero-order chi connectivity index (χ0) is 20.9. The lowest BCUT2D eigenvalue weighted by atomic mass is 10.1. The molecule has 4 rings (SSSR count). The van der Waals surface area contributed by atoms with E-state index in [9.17, 15) is 4.79 Å². The van der Waals surface area contributed by atoms with Gasteiger partial charge in [0.2, 0.25) is 0 Å². The van der Waals surface area contributed by atoms with E-state index < -0.39 is 0 Å². The summed E-state index contributed by atoms with van der Waals surface area (Å²) in [5, 5.41) is 0.715. The van der Waals surface area contributed by atoms with Crippen molar-refractivity contribution in [1.82, 2.24) is 14.8 Å². The third kappa shape index (κ3) is 4.74. The zero-order valence-corrected chi connectivity index (χ0v) is 18.0. The van der Waals surface area contributed by atoms with Crippen molar-refractivity contribution in [2.45, 2.75) is 33.4 Å². The fourth-order valence-electron chi connectivity index (χ4n) is 4.10. The predicted octanol–water partition coefficient (Wildman–Crippen LogP) is 3.94. The maximum atomic E-state index is 13.2. The summed E-state index contributed by atoms with van der Waals surface area (Å²) in [5.74, 6) is 0.763. The minimum absolute atomic E-state index is 0.120. The van der Waals surface area contributed by atoms with Gasteiger partial charge in [-0.15, -0.1) is 0 Å². The second-order valence-corrected chi connectivity index (χ2v) is 8.15. The number of rotatable bonds is 7. The van der Waals surface area contributed by atoms with Crippen molar-refractivity contribution in [1.29, 1.82) is 0 Å². The van der Waals surface area contributed by atoms with Gasteiger partial charge in [-0.3, -0.25) is 14.6 Å². The van der Waals surface area contributed by atoms with Gasteiger partial charge < -0.3 is 9.72 Å². The summed E-state index contributed by atoms with van der Waals surface area (Å²) < 4.78 is 5.73. The molecule has 3 aromatic rings. The molecule has 1 N–H and O–H groups in total. The first kappa shape index (κ1) is 20.6. The Morgan fingerprint density at radius 2 is 1.67 bits per heavy atom. The molecule has 1 aromatic heterocycles. The van der Waals surface area contributed by atoms with E-state index in [1.54, 1.807) is 0 Å². The number of aromatic nitrogens is 1. The minimum Gasteiger partial charge on any atom is -0.494 e. The number of ether oxygens (including phenoxy) is 1. The zero-order valence-electron chi connectivity index (χ0n) is 18.0. The van der Waals surface area contributed by atoms with Gasteiger partial charge in [-0.1, -0.05) is 37.3 Å². The normalized spacial score (nSPS) is 15.5. The van der Waals surface area contributed by atoms with Crippen molar-refractivity contribution in [3.05, 3.63) is 75.6 Å². The lowest BCUT2D eigenvalue weighted by Gasteiger charge is -2.34. The van der Waals surface area contributed by atoms with Gasteiger partial charge in [0, 0.05) is 61.4 Å². The standard InChI is InChI=1S/C25H31N3O2/c1-3-15-30-21-9-10-24-22(16-21)25(29)23(19(2)26-24)18-28-13-11-27(12-14-28)17-20-7-5-4-6-8-20/h4-10,16H,3,11-15,17-18H2,1-2H3,(H,26,29). The molecule has 0 atom stereocenters. The van der Waals surface area contributed by atoms with E-state index in [4.69, 9.17) is 4.74 Å². The molecule has 1 aliphatic rings. The van der Waals surface area contributed by atoms with Crippen molar-refractivity contribution in [2.75, 3.05) is 32.8 Å². The summed E-state index contributed by atoms with van der Waals surface area (Å²) in [6, 6.07) is 16.4. The van der Waals surface area contributed by atoms with Gasteiger partial charge in [-0.2, -0.15) is 0 Å². The number of piperazine rings is 1. The van der Waals surface area contributed by atoms with E-state index >= 15 is 0 Å². The highest BCUT2D eigenvalue weighted by Gasteiger charge is 2.20. The molecule has 5 nitrogen and oxygen atoms in total. The van der Waals surface area contributed by atoms with Crippen molar-refractivity contribution in [3.63, 3.8) is 0 Å². The van der Waals surface area contributed by atoms with E-state index in [1.165, 1.54) is 5.56 Å². The fraction of sp³-hybridized carbons (Fsp3) is 0.400. The summed E-state index contributed by atoms with van der Waals surface area (Å²) in [5.41, 5.74) is 4.18. The monoisotopic (exact) mass is 405 g/mol. The van der Waals surface area contributed by atoms with Crippen molar-refractivity contribution in [3.8, 4) is 5.75 Å². The van der Waals surface area contributed by atoms with Crippen LogP contribution in [-0.4, -0.2) is 47.6 Å². The van der Waals surface area contributed by atoms with Crippen LogP contribution in [0.3, 0.4) is 0 Å². The van der Waals surface area contributed by atoms with Crippen LogP contribution in [0, 0.1) is 6.92 Å². The van der Waals surface area contributed by atoms with Crippen LogP contribution in [0.2, 0.25) is 0 Å². The number of aryl methyl sites for hydroxylation is 1. The smallest absolute Gasteiger partial charge is 0.194 e. The Morgan fingerprint density at radius 3 is 2.37 bits per heavy atom. The fourth-order valence-corrected chi connectivity index (χ4v) is 4.10. The topological polar surface area (TPSA) is 48.6 Å². The Balaban J connectivity index is 1.45. The number of fused-ring (bicyclic) bond motifs is 1. The highest BCUT2D eigenvalue weighted by molar-refractivity contribution is 5.81. The molecule has 5 heteroatoms. The number of nitrogens with zero attached hydrogens (tertiary/aromatic N) is 2. The molecule has 0 unspecified atom stereocenters. The molecule has 0 spiro atoms. The van der Waals surface area contributed by atoms with E-state index in [0.717, 1.165) is 61.7 Å². The number of H-pyrrole nitrogens is 1. The first-order valence-corrected chi connectivity index (χ1v) is 10.9. The van der Waals surface area contributed by atoms with Crippen LogP contribution in [0.5, 0.6) is 5.75 Å². The number of hydrogen-bond donors (Lipinski definition) is 1. The lowest BCUT2D eigenvalue weighted by molar-refractivity contribution is 0.121. The van der Waals surface area contributed by atoms with Crippen LogP contribution in [0.25, 0.3) is 10.9 Å². The SMILES string of the molecule is CCCOc1ccc2[nH]c(C)c(CN3CCN(Cc4ccccc4)CC3)c(=O)c2c1. The average Bonchev–Trinajstić information content (AvgIpc) is 2.77. The van der Waals surface area contributed by atoms with Gasteiger partial charge in [0.1, 0.15) is 5.75 Å². The molecular weight excluding hydrogens is 374 g/mol. The molecule has 0 amide bonds. The number of nitrogens with one attached hydrogen (secondary N) is 1. The van der Waals surface area contributed by atoms with E-state index in [2.05, 4.69) is 52.0 Å². The Morgan fingerprint density at radius 1 is 0.967 bits per heavy atom. The van der Waals surface area contributed by atoms with E-state index in [1.807, 2.05) is 25.1 Å². The summed E-state index contributed by atoms with van der Waals surface area (Å²) in [4.78, 5) is 21.5. The van der Waals surface area contributed by atoms with Gasteiger partial charge in [0.25, 0.3) is 0 Å². The van der Waals surface area contributed by atoms with Gasteiger partial charge >= 0.3 is 0 Å². The molecule has 1 fully saturated rings. The van der Waals surface area contributed by atoms with Crippen LogP contribution in [0.4, 0.5) is 0 Å². The molecule has 158 valence electrons. The first-order chi connectivity index (χ1) is 14.6. The molecule has 1 saturated heterocycles. The minimum atomic E-state index is 0.120. The number of benzene rings is 2. The van der Waals surface area contributed by atoms with Gasteiger partial charge in [-0.05, 0) is 37.1 Å².